The molecule has 3 rings (SSSR count). The van der Waals surface area contributed by atoms with Crippen LogP contribution in [0.25, 0.3) is 0 Å². The van der Waals surface area contributed by atoms with E-state index in [1.54, 1.807) is 11.3 Å². The first kappa shape index (κ1) is 15.3. The van der Waals surface area contributed by atoms with Crippen LogP contribution in [0, 0.1) is 0 Å². The lowest BCUT2D eigenvalue weighted by Gasteiger charge is -2.12. The fourth-order valence-electron chi connectivity index (χ4n) is 2.16. The highest BCUT2D eigenvalue weighted by atomic mass is 79.9. The van der Waals surface area contributed by atoms with E-state index in [2.05, 4.69) is 60.8 Å². The average molecular weight is 433 g/mol. The van der Waals surface area contributed by atoms with Gasteiger partial charge >= 0.3 is 0 Å². The lowest BCUT2D eigenvalue weighted by molar-refractivity contribution is 0.296. The van der Waals surface area contributed by atoms with E-state index in [1.807, 2.05) is 0 Å². The summed E-state index contributed by atoms with van der Waals surface area (Å²) in [5.41, 5.74) is 1.18. The second-order valence-corrected chi connectivity index (χ2v) is 7.46. The first-order valence-corrected chi connectivity index (χ1v) is 9.21. The second-order valence-electron chi connectivity index (χ2n) is 4.75. The number of fused-ring (bicyclic) bond motifs is 1. The molecule has 2 aromatic rings. The molecule has 1 aliphatic rings. The van der Waals surface area contributed by atoms with Crippen LogP contribution in [0.1, 0.15) is 16.9 Å². The van der Waals surface area contributed by atoms with Crippen LogP contribution in [0.3, 0.4) is 0 Å². The number of hydrogen-bond acceptors (Lipinski definition) is 4. The highest BCUT2D eigenvalue weighted by Crippen LogP contribution is 2.38. The Kier molecular flexibility index (Phi) is 5.21. The number of thiophene rings is 1. The minimum absolute atomic E-state index is 0.704. The van der Waals surface area contributed by atoms with Gasteiger partial charge in [-0.15, -0.1) is 11.3 Å². The summed E-state index contributed by atoms with van der Waals surface area (Å²) in [6.45, 7) is 3.05. The molecule has 1 aliphatic heterocycles. The van der Waals surface area contributed by atoms with E-state index in [1.165, 1.54) is 14.9 Å². The third-order valence-electron chi connectivity index (χ3n) is 3.17. The highest BCUT2D eigenvalue weighted by molar-refractivity contribution is 9.10. The third-order valence-corrected chi connectivity index (χ3v) is 5.68. The second kappa shape index (κ2) is 7.13. The van der Waals surface area contributed by atoms with Crippen LogP contribution in [-0.4, -0.2) is 13.2 Å². The average Bonchev–Trinajstić information content (AvgIpc) is 2.73. The zero-order valence-electron chi connectivity index (χ0n) is 11.3. The smallest absolute Gasteiger partial charge is 0.175 e. The Bertz CT molecular complexity index is 630. The van der Waals surface area contributed by atoms with Crippen LogP contribution < -0.4 is 14.8 Å². The largest absolute Gasteiger partial charge is 0.490 e. The normalized spacial score (nSPS) is 14.0. The van der Waals surface area contributed by atoms with Crippen molar-refractivity contribution >= 4 is 43.2 Å². The lowest BCUT2D eigenvalue weighted by atomic mass is 10.2. The standard InChI is InChI=1S/C15H15Br2NO2S/c16-11-2-5-21-14(11)9-18-8-10-6-12(17)15-13(7-10)19-3-1-4-20-15/h2,5-7,18H,1,3-4,8-9H2. The van der Waals surface area contributed by atoms with Gasteiger partial charge in [0.25, 0.3) is 0 Å². The summed E-state index contributed by atoms with van der Waals surface area (Å²) in [5.74, 6) is 1.65. The zero-order chi connectivity index (χ0) is 14.7. The molecule has 0 atom stereocenters. The molecule has 1 aromatic heterocycles. The molecule has 0 spiro atoms. The Labute approximate surface area is 144 Å². The van der Waals surface area contributed by atoms with Gasteiger partial charge in [0.2, 0.25) is 0 Å². The molecule has 21 heavy (non-hydrogen) atoms. The molecular formula is C15H15Br2NO2S. The maximum Gasteiger partial charge on any atom is 0.175 e. The predicted molar refractivity (Wildman–Crippen MR) is 92.3 cm³/mol. The minimum Gasteiger partial charge on any atom is -0.490 e. The summed E-state index contributed by atoms with van der Waals surface area (Å²) in [6, 6.07) is 6.22. The van der Waals surface area contributed by atoms with Gasteiger partial charge in [0.05, 0.1) is 17.7 Å². The molecule has 0 fully saturated rings. The Morgan fingerprint density at radius 3 is 2.76 bits per heavy atom. The minimum atomic E-state index is 0.704. The molecular weight excluding hydrogens is 418 g/mol. The van der Waals surface area contributed by atoms with E-state index < -0.39 is 0 Å². The van der Waals surface area contributed by atoms with Gasteiger partial charge in [-0.05, 0) is 61.0 Å². The van der Waals surface area contributed by atoms with Crippen LogP contribution >= 0.6 is 43.2 Å². The Hall–Kier alpha value is -0.560. The van der Waals surface area contributed by atoms with Crippen molar-refractivity contribution in [1.29, 1.82) is 0 Å². The van der Waals surface area contributed by atoms with Gasteiger partial charge in [0.15, 0.2) is 11.5 Å². The zero-order valence-corrected chi connectivity index (χ0v) is 15.3. The summed E-state index contributed by atoms with van der Waals surface area (Å²) < 4.78 is 13.6. The third kappa shape index (κ3) is 3.80. The van der Waals surface area contributed by atoms with Gasteiger partial charge in [-0.2, -0.15) is 0 Å². The van der Waals surface area contributed by atoms with Crippen LogP contribution in [-0.2, 0) is 13.1 Å². The predicted octanol–water partition coefficient (Wildman–Crippen LogP) is 4.72. The number of hydrogen-bond donors (Lipinski definition) is 1. The molecule has 0 saturated heterocycles. The molecule has 0 aliphatic carbocycles. The summed E-state index contributed by atoms with van der Waals surface area (Å²) >= 11 is 8.87. The van der Waals surface area contributed by atoms with Crippen molar-refractivity contribution in [3.8, 4) is 11.5 Å². The number of nitrogens with one attached hydrogen (secondary N) is 1. The van der Waals surface area contributed by atoms with Crippen molar-refractivity contribution in [2.75, 3.05) is 13.2 Å². The lowest BCUT2D eigenvalue weighted by Crippen LogP contribution is -2.12. The molecule has 1 aromatic carbocycles. The van der Waals surface area contributed by atoms with E-state index in [0.717, 1.165) is 35.5 Å². The van der Waals surface area contributed by atoms with Gasteiger partial charge in [-0.25, -0.2) is 0 Å². The van der Waals surface area contributed by atoms with Crippen LogP contribution in [0.15, 0.2) is 32.5 Å². The quantitative estimate of drug-likeness (QED) is 0.757. The van der Waals surface area contributed by atoms with Gasteiger partial charge < -0.3 is 14.8 Å². The first-order valence-electron chi connectivity index (χ1n) is 6.74. The fourth-order valence-corrected chi connectivity index (χ4v) is 4.22. The van der Waals surface area contributed by atoms with E-state index >= 15 is 0 Å². The monoisotopic (exact) mass is 431 g/mol. The Morgan fingerprint density at radius 2 is 1.95 bits per heavy atom. The fraction of sp³-hybridized carbons (Fsp3) is 0.333. The van der Waals surface area contributed by atoms with E-state index in [0.29, 0.717) is 13.2 Å². The first-order chi connectivity index (χ1) is 10.2. The number of rotatable bonds is 4. The summed E-state index contributed by atoms with van der Waals surface area (Å²) in [6.07, 6.45) is 0.918. The maximum atomic E-state index is 5.75. The summed E-state index contributed by atoms with van der Waals surface area (Å²) in [7, 11) is 0. The maximum absolute atomic E-state index is 5.75. The highest BCUT2D eigenvalue weighted by Gasteiger charge is 2.15. The van der Waals surface area contributed by atoms with Crippen molar-refractivity contribution < 1.29 is 9.47 Å². The molecule has 1 N–H and O–H groups in total. The van der Waals surface area contributed by atoms with Crippen molar-refractivity contribution in [2.24, 2.45) is 0 Å². The van der Waals surface area contributed by atoms with Crippen LogP contribution in [0.4, 0.5) is 0 Å². The van der Waals surface area contributed by atoms with Crippen molar-refractivity contribution in [2.45, 2.75) is 19.5 Å². The molecule has 0 amide bonds. The Balaban J connectivity index is 1.67. The van der Waals surface area contributed by atoms with Crippen LogP contribution in [0.2, 0.25) is 0 Å². The summed E-state index contributed by atoms with van der Waals surface area (Å²) in [5, 5.41) is 5.55. The van der Waals surface area contributed by atoms with Crippen molar-refractivity contribution in [1.82, 2.24) is 5.32 Å². The number of benzene rings is 1. The Morgan fingerprint density at radius 1 is 1.10 bits per heavy atom. The van der Waals surface area contributed by atoms with Gasteiger partial charge in [-0.1, -0.05) is 0 Å². The van der Waals surface area contributed by atoms with Gasteiger partial charge in [0.1, 0.15) is 0 Å². The summed E-state index contributed by atoms with van der Waals surface area (Å²) in [4.78, 5) is 1.31. The number of ether oxygens (including phenoxy) is 2. The molecule has 0 unspecified atom stereocenters. The molecule has 112 valence electrons. The molecule has 0 radical (unpaired) electrons. The topological polar surface area (TPSA) is 30.5 Å². The molecule has 3 nitrogen and oxygen atoms in total. The molecule has 6 heteroatoms. The van der Waals surface area contributed by atoms with Gasteiger partial charge in [-0.3, -0.25) is 0 Å². The number of halogens is 2. The van der Waals surface area contributed by atoms with Crippen molar-refractivity contribution in [3.05, 3.63) is 43.0 Å². The molecule has 2 heterocycles. The van der Waals surface area contributed by atoms with E-state index in [4.69, 9.17) is 9.47 Å². The molecule has 0 saturated carbocycles. The SMILES string of the molecule is Brc1ccsc1CNCc1cc(Br)c2c(c1)OCCCO2. The molecule has 0 bridgehead atoms. The van der Waals surface area contributed by atoms with E-state index in [-0.39, 0.29) is 0 Å². The van der Waals surface area contributed by atoms with Gasteiger partial charge in [0, 0.05) is 28.9 Å². The van der Waals surface area contributed by atoms with Crippen molar-refractivity contribution in [3.63, 3.8) is 0 Å². The van der Waals surface area contributed by atoms with Crippen LogP contribution in [0.5, 0.6) is 11.5 Å². The van der Waals surface area contributed by atoms with E-state index in [9.17, 15) is 0 Å².